The summed E-state index contributed by atoms with van der Waals surface area (Å²) in [7, 11) is 3.52. The molecule has 0 unspecified atom stereocenters. The average molecular weight is 478 g/mol. The van der Waals surface area contributed by atoms with E-state index in [1.807, 2.05) is 11.3 Å². The van der Waals surface area contributed by atoms with Gasteiger partial charge < -0.3 is 15.5 Å². The number of aliphatic imine (C=N–C) groups is 1. The Balaban J connectivity index is 0.00000312. The first-order chi connectivity index (χ1) is 11.6. The third-order valence-corrected chi connectivity index (χ3v) is 5.54. The van der Waals surface area contributed by atoms with E-state index < -0.39 is 0 Å². The van der Waals surface area contributed by atoms with Crippen molar-refractivity contribution in [2.24, 2.45) is 4.99 Å². The SMILES string of the molecule is CCc1ccc(CNC(=NCC(=O)N(C)C)NC2CCCCC2)s1.I. The summed E-state index contributed by atoms with van der Waals surface area (Å²) in [6, 6.07) is 4.82. The number of halogens is 1. The molecule has 1 heterocycles. The van der Waals surface area contributed by atoms with Crippen LogP contribution in [0.5, 0.6) is 0 Å². The molecular weight excluding hydrogens is 447 g/mol. The van der Waals surface area contributed by atoms with Crippen LogP contribution in [0.3, 0.4) is 0 Å². The smallest absolute Gasteiger partial charge is 0.243 e. The molecule has 0 bridgehead atoms. The number of carbonyl (C=O) groups excluding carboxylic acids is 1. The highest BCUT2D eigenvalue weighted by molar-refractivity contribution is 14.0. The molecule has 0 aliphatic heterocycles. The quantitative estimate of drug-likeness (QED) is 0.375. The number of likely N-dealkylation sites (N-methyl/N-ethyl adjacent to an activating group) is 1. The molecule has 142 valence electrons. The summed E-state index contributed by atoms with van der Waals surface area (Å²) in [4.78, 5) is 20.6. The minimum absolute atomic E-state index is 0. The molecule has 0 aromatic carbocycles. The van der Waals surface area contributed by atoms with Crippen molar-refractivity contribution in [3.05, 3.63) is 21.9 Å². The summed E-state index contributed by atoms with van der Waals surface area (Å²) in [5.41, 5.74) is 0. The van der Waals surface area contributed by atoms with Gasteiger partial charge in [0.1, 0.15) is 6.54 Å². The topological polar surface area (TPSA) is 56.7 Å². The predicted molar refractivity (Wildman–Crippen MR) is 117 cm³/mol. The lowest BCUT2D eigenvalue weighted by Gasteiger charge is -2.25. The first-order valence-corrected chi connectivity index (χ1v) is 9.72. The zero-order chi connectivity index (χ0) is 17.4. The molecule has 0 atom stereocenters. The van der Waals surface area contributed by atoms with Crippen molar-refractivity contribution < 1.29 is 4.79 Å². The highest BCUT2D eigenvalue weighted by Gasteiger charge is 2.15. The van der Waals surface area contributed by atoms with E-state index in [2.05, 4.69) is 34.7 Å². The third kappa shape index (κ3) is 7.94. The van der Waals surface area contributed by atoms with Crippen LogP contribution in [0.1, 0.15) is 48.8 Å². The van der Waals surface area contributed by atoms with Gasteiger partial charge in [0.05, 0.1) is 6.54 Å². The lowest BCUT2D eigenvalue weighted by molar-refractivity contribution is -0.127. The van der Waals surface area contributed by atoms with Crippen LogP contribution in [-0.4, -0.2) is 43.4 Å². The Labute approximate surface area is 172 Å². The first kappa shape index (κ1) is 22.2. The fourth-order valence-electron chi connectivity index (χ4n) is 2.76. The van der Waals surface area contributed by atoms with Crippen molar-refractivity contribution in [1.29, 1.82) is 0 Å². The second kappa shape index (κ2) is 11.7. The van der Waals surface area contributed by atoms with Gasteiger partial charge in [0, 0.05) is 29.9 Å². The molecule has 1 aliphatic carbocycles. The number of nitrogens with one attached hydrogen (secondary N) is 2. The van der Waals surface area contributed by atoms with Crippen molar-refractivity contribution in [2.75, 3.05) is 20.6 Å². The molecule has 5 nitrogen and oxygen atoms in total. The standard InChI is InChI=1S/C18H30N4OS.HI/c1-4-15-10-11-16(24-15)12-19-18(20-13-17(23)22(2)3)21-14-8-6-5-7-9-14;/h10-11,14H,4-9,12-13H2,1-3H3,(H2,19,20,21);1H. The Morgan fingerprint density at radius 2 is 1.92 bits per heavy atom. The molecule has 0 radical (unpaired) electrons. The predicted octanol–water partition coefficient (Wildman–Crippen LogP) is 3.38. The van der Waals surface area contributed by atoms with E-state index in [1.54, 1.807) is 19.0 Å². The van der Waals surface area contributed by atoms with Gasteiger partial charge in [0.25, 0.3) is 0 Å². The number of hydrogen-bond donors (Lipinski definition) is 2. The van der Waals surface area contributed by atoms with Crippen molar-refractivity contribution in [3.63, 3.8) is 0 Å². The molecule has 0 saturated heterocycles. The van der Waals surface area contributed by atoms with E-state index in [9.17, 15) is 4.79 Å². The molecule has 1 aromatic heterocycles. The van der Waals surface area contributed by atoms with Crippen LogP contribution in [0.15, 0.2) is 17.1 Å². The van der Waals surface area contributed by atoms with Crippen LogP contribution in [-0.2, 0) is 17.8 Å². The van der Waals surface area contributed by atoms with Gasteiger partial charge in [-0.05, 0) is 31.4 Å². The molecule has 2 rings (SSSR count). The molecule has 1 saturated carbocycles. The molecular formula is C18H31IN4OS. The van der Waals surface area contributed by atoms with Gasteiger partial charge in [-0.2, -0.15) is 0 Å². The molecule has 25 heavy (non-hydrogen) atoms. The normalized spacial score (nSPS) is 15.4. The van der Waals surface area contributed by atoms with Gasteiger partial charge in [0.15, 0.2) is 5.96 Å². The monoisotopic (exact) mass is 478 g/mol. The zero-order valence-corrected chi connectivity index (χ0v) is 18.7. The van der Waals surface area contributed by atoms with Gasteiger partial charge in [0.2, 0.25) is 5.91 Å². The van der Waals surface area contributed by atoms with E-state index >= 15 is 0 Å². The lowest BCUT2D eigenvalue weighted by atomic mass is 9.96. The summed E-state index contributed by atoms with van der Waals surface area (Å²) in [6.45, 7) is 3.10. The Morgan fingerprint density at radius 1 is 1.24 bits per heavy atom. The van der Waals surface area contributed by atoms with Crippen LogP contribution >= 0.6 is 35.3 Å². The highest BCUT2D eigenvalue weighted by Crippen LogP contribution is 2.18. The Hall–Kier alpha value is -0.830. The average Bonchev–Trinajstić information content (AvgIpc) is 3.06. The van der Waals surface area contributed by atoms with Crippen molar-refractivity contribution in [1.82, 2.24) is 15.5 Å². The van der Waals surface area contributed by atoms with E-state index in [0.29, 0.717) is 6.04 Å². The van der Waals surface area contributed by atoms with Crippen molar-refractivity contribution in [2.45, 2.75) is 58.0 Å². The minimum Gasteiger partial charge on any atom is -0.354 e. The zero-order valence-electron chi connectivity index (χ0n) is 15.5. The number of hydrogen-bond acceptors (Lipinski definition) is 3. The summed E-state index contributed by atoms with van der Waals surface area (Å²) >= 11 is 1.83. The van der Waals surface area contributed by atoms with Gasteiger partial charge in [-0.1, -0.05) is 26.2 Å². The maximum absolute atomic E-state index is 11.8. The molecule has 0 spiro atoms. The summed E-state index contributed by atoms with van der Waals surface area (Å²) in [5.74, 6) is 0.771. The van der Waals surface area contributed by atoms with Crippen LogP contribution in [0, 0.1) is 0 Å². The number of thiophene rings is 1. The van der Waals surface area contributed by atoms with Crippen molar-refractivity contribution in [3.8, 4) is 0 Å². The Morgan fingerprint density at radius 3 is 2.52 bits per heavy atom. The molecule has 1 aromatic rings. The second-order valence-corrected chi connectivity index (χ2v) is 7.76. The molecule has 2 N–H and O–H groups in total. The summed E-state index contributed by atoms with van der Waals surface area (Å²) in [6.07, 6.45) is 7.30. The highest BCUT2D eigenvalue weighted by atomic mass is 127. The van der Waals surface area contributed by atoms with Crippen molar-refractivity contribution >= 4 is 47.2 Å². The van der Waals surface area contributed by atoms with Gasteiger partial charge in [-0.15, -0.1) is 35.3 Å². The summed E-state index contributed by atoms with van der Waals surface area (Å²) < 4.78 is 0. The fourth-order valence-corrected chi connectivity index (χ4v) is 3.66. The minimum atomic E-state index is 0. The lowest BCUT2D eigenvalue weighted by Crippen LogP contribution is -2.44. The molecule has 7 heteroatoms. The second-order valence-electron chi connectivity index (χ2n) is 6.51. The molecule has 1 amide bonds. The summed E-state index contributed by atoms with van der Waals surface area (Å²) in [5, 5.41) is 6.91. The molecule has 1 aliphatic rings. The molecule has 1 fully saturated rings. The number of carbonyl (C=O) groups is 1. The first-order valence-electron chi connectivity index (χ1n) is 8.91. The number of amides is 1. The van der Waals surface area contributed by atoms with Gasteiger partial charge in [-0.3, -0.25) is 4.79 Å². The van der Waals surface area contributed by atoms with E-state index in [1.165, 1.54) is 41.9 Å². The van der Waals surface area contributed by atoms with Gasteiger partial charge >= 0.3 is 0 Å². The maximum Gasteiger partial charge on any atom is 0.243 e. The van der Waals surface area contributed by atoms with Crippen LogP contribution in [0.2, 0.25) is 0 Å². The number of aryl methyl sites for hydroxylation is 1. The van der Waals surface area contributed by atoms with Crippen LogP contribution < -0.4 is 10.6 Å². The number of guanidine groups is 1. The largest absolute Gasteiger partial charge is 0.354 e. The van der Waals surface area contributed by atoms with E-state index in [4.69, 9.17) is 0 Å². The van der Waals surface area contributed by atoms with Gasteiger partial charge in [-0.25, -0.2) is 4.99 Å². The van der Waals surface area contributed by atoms with Crippen LogP contribution in [0.25, 0.3) is 0 Å². The van der Waals surface area contributed by atoms with E-state index in [-0.39, 0.29) is 36.4 Å². The number of rotatable bonds is 6. The van der Waals surface area contributed by atoms with Crippen LogP contribution in [0.4, 0.5) is 0 Å². The maximum atomic E-state index is 11.8. The fraction of sp³-hybridized carbons (Fsp3) is 0.667. The Kier molecular flexibility index (Phi) is 10.4. The number of nitrogens with zero attached hydrogens (tertiary/aromatic N) is 2. The van der Waals surface area contributed by atoms with E-state index in [0.717, 1.165) is 18.9 Å². The third-order valence-electron chi connectivity index (χ3n) is 4.31. The Bertz CT molecular complexity index is 553.